The van der Waals surface area contributed by atoms with Crippen molar-refractivity contribution in [2.75, 3.05) is 74.3 Å². The molecule has 0 aromatic heterocycles. The smallest absolute Gasteiger partial charge is 0.382 e. The van der Waals surface area contributed by atoms with Gasteiger partial charge in [0.05, 0.1) is 39.6 Å². The second-order valence-corrected chi connectivity index (χ2v) is 6.44. The highest BCUT2D eigenvalue weighted by Gasteiger charge is 2.38. The molecule has 0 radical (unpaired) electrons. The van der Waals surface area contributed by atoms with E-state index in [0.29, 0.717) is 45.9 Å². The van der Waals surface area contributed by atoms with Crippen LogP contribution in [0.1, 0.15) is 0 Å². The van der Waals surface area contributed by atoms with Crippen LogP contribution in [0.4, 0.5) is 0 Å². The Morgan fingerprint density at radius 1 is 0.579 bits per heavy atom. The van der Waals surface area contributed by atoms with Gasteiger partial charge in [0, 0.05) is 28.4 Å². The van der Waals surface area contributed by atoms with Crippen LogP contribution < -0.4 is 0 Å². The molecule has 116 valence electrons. The van der Waals surface area contributed by atoms with Gasteiger partial charge in [0.15, 0.2) is 0 Å². The largest absolute Gasteiger partial charge is 0.527 e. The topological polar surface area (TPSA) is 64.6 Å². The Labute approximate surface area is 116 Å². The van der Waals surface area contributed by atoms with Gasteiger partial charge in [-0.2, -0.15) is 0 Å². The van der Waals surface area contributed by atoms with Gasteiger partial charge in [-0.3, -0.25) is 0 Å². The Hall–Kier alpha value is -0.0631. The van der Waals surface area contributed by atoms with Crippen molar-refractivity contribution in [2.24, 2.45) is 0 Å². The first-order valence-corrected chi connectivity index (χ1v) is 8.05. The maximum Gasteiger partial charge on any atom is 0.527 e. The van der Waals surface area contributed by atoms with Crippen LogP contribution in [-0.2, 0) is 32.2 Å². The summed E-state index contributed by atoms with van der Waals surface area (Å²) in [5, 5.41) is 0. The minimum absolute atomic E-state index is 0.310. The SMILES string of the molecule is COCCOCCOCCOC[Si](OC)(OC)OC. The van der Waals surface area contributed by atoms with E-state index in [0.717, 1.165) is 0 Å². The number of rotatable bonds is 14. The van der Waals surface area contributed by atoms with E-state index in [1.807, 2.05) is 0 Å². The molecule has 0 aliphatic carbocycles. The van der Waals surface area contributed by atoms with Crippen LogP contribution in [0.2, 0.25) is 0 Å². The van der Waals surface area contributed by atoms with Gasteiger partial charge in [-0.1, -0.05) is 0 Å². The summed E-state index contributed by atoms with van der Waals surface area (Å²) in [5.74, 6) is 0. The molecule has 0 atom stereocenters. The molecule has 0 aliphatic heterocycles. The summed E-state index contributed by atoms with van der Waals surface area (Å²) in [5.41, 5.74) is 0. The molecule has 8 heteroatoms. The van der Waals surface area contributed by atoms with E-state index >= 15 is 0 Å². The molecule has 19 heavy (non-hydrogen) atoms. The Morgan fingerprint density at radius 2 is 1.00 bits per heavy atom. The van der Waals surface area contributed by atoms with Crippen LogP contribution in [0.15, 0.2) is 0 Å². The Kier molecular flexibility index (Phi) is 12.9. The minimum atomic E-state index is -2.62. The van der Waals surface area contributed by atoms with Gasteiger partial charge < -0.3 is 32.2 Å². The average Bonchev–Trinajstić information content (AvgIpc) is 2.46. The van der Waals surface area contributed by atoms with Gasteiger partial charge in [0.25, 0.3) is 0 Å². The standard InChI is InChI=1S/C11H26O7Si/c1-12-5-6-16-7-8-17-9-10-18-11-19(13-2,14-3)15-4/h5-11H2,1-4H3. The van der Waals surface area contributed by atoms with E-state index in [-0.39, 0.29) is 0 Å². The highest BCUT2D eigenvalue weighted by Crippen LogP contribution is 2.05. The molecule has 0 saturated carbocycles. The number of ether oxygens (including phenoxy) is 4. The van der Waals surface area contributed by atoms with Crippen molar-refractivity contribution >= 4 is 8.80 Å². The Morgan fingerprint density at radius 3 is 1.42 bits per heavy atom. The maximum atomic E-state index is 5.42. The molecule has 0 aromatic rings. The molecular formula is C11H26O7Si. The normalized spacial score (nSPS) is 12.0. The number of hydrogen-bond acceptors (Lipinski definition) is 7. The van der Waals surface area contributed by atoms with Crippen LogP contribution in [0, 0.1) is 0 Å². The molecule has 0 fully saturated rings. The molecule has 0 heterocycles. The summed E-state index contributed by atoms with van der Waals surface area (Å²) in [6, 6.07) is 0. The van der Waals surface area contributed by atoms with E-state index in [1.165, 1.54) is 0 Å². The summed E-state index contributed by atoms with van der Waals surface area (Å²) in [4.78, 5) is 0. The summed E-state index contributed by atoms with van der Waals surface area (Å²) in [7, 11) is 3.67. The molecule has 0 amide bonds. The van der Waals surface area contributed by atoms with Crippen LogP contribution in [-0.4, -0.2) is 83.1 Å². The van der Waals surface area contributed by atoms with E-state index in [9.17, 15) is 0 Å². The van der Waals surface area contributed by atoms with Crippen molar-refractivity contribution in [3.05, 3.63) is 0 Å². The summed E-state index contributed by atoms with van der Waals surface area (Å²) in [6.45, 7) is 3.23. The number of hydrogen-bond donors (Lipinski definition) is 0. The van der Waals surface area contributed by atoms with Gasteiger partial charge in [-0.15, -0.1) is 0 Å². The van der Waals surface area contributed by atoms with Gasteiger partial charge in [0.1, 0.15) is 6.23 Å². The Bertz CT molecular complexity index is 182. The lowest BCUT2D eigenvalue weighted by Crippen LogP contribution is -2.48. The predicted molar refractivity (Wildman–Crippen MR) is 71.1 cm³/mol. The maximum absolute atomic E-state index is 5.42. The molecule has 0 rings (SSSR count). The first-order valence-electron chi connectivity index (χ1n) is 6.12. The zero-order valence-corrected chi connectivity index (χ0v) is 13.3. The van der Waals surface area contributed by atoms with Crippen molar-refractivity contribution in [3.63, 3.8) is 0 Å². The molecule has 0 bridgehead atoms. The van der Waals surface area contributed by atoms with Gasteiger partial charge >= 0.3 is 8.80 Å². The van der Waals surface area contributed by atoms with Crippen LogP contribution in [0.3, 0.4) is 0 Å². The molecule has 0 aliphatic rings. The third-order valence-corrected chi connectivity index (χ3v) is 4.81. The molecule has 0 saturated heterocycles. The van der Waals surface area contributed by atoms with Crippen LogP contribution in [0.5, 0.6) is 0 Å². The highest BCUT2D eigenvalue weighted by atomic mass is 28.4. The van der Waals surface area contributed by atoms with E-state index in [2.05, 4.69) is 0 Å². The lowest BCUT2D eigenvalue weighted by atomic mass is 10.7. The second-order valence-electron chi connectivity index (χ2n) is 3.57. The second kappa shape index (κ2) is 12.9. The van der Waals surface area contributed by atoms with Gasteiger partial charge in [-0.05, 0) is 0 Å². The van der Waals surface area contributed by atoms with Gasteiger partial charge in [0.2, 0.25) is 0 Å². The first-order chi connectivity index (χ1) is 9.24. The molecular weight excluding hydrogens is 272 g/mol. The third kappa shape index (κ3) is 9.47. The van der Waals surface area contributed by atoms with E-state index in [4.69, 9.17) is 32.2 Å². The third-order valence-electron chi connectivity index (χ3n) is 2.39. The summed E-state index contributed by atoms with van der Waals surface area (Å²) in [6.07, 6.45) is 0.310. The number of methoxy groups -OCH3 is 1. The zero-order valence-electron chi connectivity index (χ0n) is 12.3. The minimum Gasteiger partial charge on any atom is -0.382 e. The lowest BCUT2D eigenvalue weighted by Gasteiger charge is -2.23. The summed E-state index contributed by atoms with van der Waals surface area (Å²) >= 11 is 0. The molecule has 0 spiro atoms. The quantitative estimate of drug-likeness (QED) is 0.333. The van der Waals surface area contributed by atoms with Crippen molar-refractivity contribution in [1.82, 2.24) is 0 Å². The lowest BCUT2D eigenvalue weighted by molar-refractivity contribution is -0.000118. The average molecular weight is 298 g/mol. The zero-order chi connectivity index (χ0) is 14.4. The van der Waals surface area contributed by atoms with Crippen molar-refractivity contribution < 1.29 is 32.2 Å². The van der Waals surface area contributed by atoms with E-state index < -0.39 is 8.80 Å². The molecule has 0 unspecified atom stereocenters. The monoisotopic (exact) mass is 298 g/mol. The summed E-state index contributed by atoms with van der Waals surface area (Å²) < 4.78 is 36.5. The van der Waals surface area contributed by atoms with Crippen molar-refractivity contribution in [2.45, 2.75) is 0 Å². The fourth-order valence-corrected chi connectivity index (χ4v) is 2.45. The molecule has 7 nitrogen and oxygen atoms in total. The fraction of sp³-hybridized carbons (Fsp3) is 1.00. The Balaban J connectivity index is 3.35. The van der Waals surface area contributed by atoms with Crippen molar-refractivity contribution in [3.8, 4) is 0 Å². The predicted octanol–water partition coefficient (Wildman–Crippen LogP) is 0.0999. The fourth-order valence-electron chi connectivity index (χ4n) is 1.21. The highest BCUT2D eigenvalue weighted by molar-refractivity contribution is 6.60. The van der Waals surface area contributed by atoms with Crippen LogP contribution >= 0.6 is 0 Å². The first kappa shape index (κ1) is 18.9. The van der Waals surface area contributed by atoms with Gasteiger partial charge in [-0.25, -0.2) is 0 Å². The molecule has 0 aromatic carbocycles. The molecule has 0 N–H and O–H groups in total. The van der Waals surface area contributed by atoms with Crippen molar-refractivity contribution in [1.29, 1.82) is 0 Å². The van der Waals surface area contributed by atoms with E-state index in [1.54, 1.807) is 28.4 Å². The van der Waals surface area contributed by atoms with Crippen LogP contribution in [0.25, 0.3) is 0 Å².